The molecular weight excluding hydrogens is 603 g/mol. The molecule has 47 heavy (non-hydrogen) atoms. The van der Waals surface area contributed by atoms with Crippen molar-refractivity contribution in [3.8, 4) is 23.0 Å². The summed E-state index contributed by atoms with van der Waals surface area (Å²) in [4.78, 5) is 36.7. The highest BCUT2D eigenvalue weighted by Gasteiger charge is 2.17. The topological polar surface area (TPSA) is 138 Å². The molecule has 0 radical (unpaired) electrons. The minimum atomic E-state index is -1.52. The Bertz CT molecular complexity index is 1680. The van der Waals surface area contributed by atoms with Crippen LogP contribution in [0.3, 0.4) is 0 Å². The van der Waals surface area contributed by atoms with Gasteiger partial charge in [-0.05, 0) is 110 Å². The first-order valence-electron chi connectivity index (χ1n) is 14.9. The van der Waals surface area contributed by atoms with Gasteiger partial charge in [-0.2, -0.15) is 0 Å². The van der Waals surface area contributed by atoms with Crippen molar-refractivity contribution in [3.63, 3.8) is 0 Å². The summed E-state index contributed by atoms with van der Waals surface area (Å²) in [6, 6.07) is 23.0. The molecule has 4 aromatic rings. The van der Waals surface area contributed by atoms with Crippen molar-refractivity contribution in [1.29, 1.82) is 0 Å². The Kier molecular flexibility index (Phi) is 12.3. The summed E-state index contributed by atoms with van der Waals surface area (Å²) >= 11 is 0. The van der Waals surface area contributed by atoms with Gasteiger partial charge in [-0.3, -0.25) is 0 Å². The maximum Gasteiger partial charge on any atom is 0.488 e. The summed E-state index contributed by atoms with van der Waals surface area (Å²) in [5.74, 6) is 0.271. The number of rotatable bonds is 15. The van der Waals surface area contributed by atoms with Gasteiger partial charge in [0.05, 0.1) is 24.3 Å². The number of carbonyl (C=O) groups is 3. The van der Waals surface area contributed by atoms with Gasteiger partial charge in [-0.1, -0.05) is 30.8 Å². The van der Waals surface area contributed by atoms with Crippen molar-refractivity contribution in [2.45, 2.75) is 33.3 Å². The third-order valence-corrected chi connectivity index (χ3v) is 7.17. The van der Waals surface area contributed by atoms with Crippen molar-refractivity contribution in [3.05, 3.63) is 125 Å². The fourth-order valence-corrected chi connectivity index (χ4v) is 4.26. The summed E-state index contributed by atoms with van der Waals surface area (Å²) in [5.41, 5.74) is 3.19. The van der Waals surface area contributed by atoms with Gasteiger partial charge in [-0.15, -0.1) is 0 Å². The fourth-order valence-electron chi connectivity index (χ4n) is 4.26. The van der Waals surface area contributed by atoms with Crippen molar-refractivity contribution in [2.24, 2.45) is 0 Å². The van der Waals surface area contributed by atoms with E-state index in [2.05, 4.69) is 6.58 Å². The molecule has 0 spiro atoms. The highest BCUT2D eigenvalue weighted by Crippen LogP contribution is 2.30. The Balaban J connectivity index is 1.26. The van der Waals surface area contributed by atoms with E-state index in [4.69, 9.17) is 23.7 Å². The third kappa shape index (κ3) is 10.1. The van der Waals surface area contributed by atoms with E-state index in [9.17, 15) is 24.4 Å². The summed E-state index contributed by atoms with van der Waals surface area (Å²) in [5, 5.41) is 18.4. The molecular formula is C36H35BO10. The Morgan fingerprint density at radius 2 is 1.17 bits per heavy atom. The predicted molar refractivity (Wildman–Crippen MR) is 175 cm³/mol. The molecule has 0 atom stereocenters. The van der Waals surface area contributed by atoms with Gasteiger partial charge in [0.2, 0.25) is 0 Å². The average Bonchev–Trinajstić information content (AvgIpc) is 3.09. The van der Waals surface area contributed by atoms with Crippen LogP contribution in [0.25, 0.3) is 0 Å². The first kappa shape index (κ1) is 34.5. The molecule has 0 saturated carbocycles. The number of esters is 3. The number of carbonyl (C=O) groups excluding carboxylic acids is 3. The highest BCUT2D eigenvalue weighted by atomic mass is 16.5. The van der Waals surface area contributed by atoms with Crippen LogP contribution in [-0.2, 0) is 16.1 Å². The van der Waals surface area contributed by atoms with Crippen molar-refractivity contribution in [2.75, 3.05) is 13.2 Å². The van der Waals surface area contributed by atoms with Crippen LogP contribution in [0.4, 0.5) is 0 Å². The normalized spacial score (nSPS) is 10.5. The summed E-state index contributed by atoms with van der Waals surface area (Å²) in [7, 11) is -1.52. The van der Waals surface area contributed by atoms with Crippen LogP contribution in [0.1, 0.15) is 50.2 Å². The molecule has 4 aromatic carbocycles. The summed E-state index contributed by atoms with van der Waals surface area (Å²) in [6.07, 6.45) is 2.47. The zero-order chi connectivity index (χ0) is 33.8. The van der Waals surface area contributed by atoms with Crippen LogP contribution < -0.4 is 24.4 Å². The number of hydrogen-bond acceptors (Lipinski definition) is 10. The smallest absolute Gasteiger partial charge is 0.488 e. The van der Waals surface area contributed by atoms with Crippen LogP contribution in [0.15, 0.2) is 97.6 Å². The largest absolute Gasteiger partial charge is 0.494 e. The predicted octanol–water partition coefficient (Wildman–Crippen LogP) is 4.89. The minimum absolute atomic E-state index is 0.264. The zero-order valence-corrected chi connectivity index (χ0v) is 26.1. The molecule has 0 amide bonds. The minimum Gasteiger partial charge on any atom is -0.494 e. The molecule has 0 heterocycles. The summed E-state index contributed by atoms with van der Waals surface area (Å²) in [6.45, 7) is 7.88. The van der Waals surface area contributed by atoms with E-state index in [1.807, 2.05) is 0 Å². The lowest BCUT2D eigenvalue weighted by molar-refractivity contribution is -0.137. The van der Waals surface area contributed by atoms with Gasteiger partial charge in [0.1, 0.15) is 29.6 Å². The molecule has 0 fully saturated rings. The van der Waals surface area contributed by atoms with Gasteiger partial charge < -0.3 is 33.7 Å². The standard InChI is InChI=1S/C36H35BO10/c1-4-34(38)44-22-6-5-21-43-30-15-9-27(10-16-30)35(39)46-32-19-20-33(25(3)24(32)2)47-36(40)28-11-17-31(18-12-28)45-23-26-7-13-29(14-8-26)37(41)42/h4,7-20,41-42H,1,5-6,21-23H2,2-3H3. The molecule has 2 N–H and O–H groups in total. The van der Waals surface area contributed by atoms with E-state index in [-0.39, 0.29) is 6.61 Å². The van der Waals surface area contributed by atoms with Crippen molar-refractivity contribution < 1.29 is 48.1 Å². The monoisotopic (exact) mass is 638 g/mol. The zero-order valence-electron chi connectivity index (χ0n) is 26.1. The van der Waals surface area contributed by atoms with E-state index in [0.29, 0.717) is 76.8 Å². The van der Waals surface area contributed by atoms with Crippen molar-refractivity contribution in [1.82, 2.24) is 0 Å². The molecule has 0 saturated heterocycles. The fraction of sp³-hybridized carbons (Fsp3) is 0.194. The van der Waals surface area contributed by atoms with Crippen LogP contribution in [-0.4, -0.2) is 48.3 Å². The molecule has 0 aliphatic heterocycles. The number of ether oxygens (including phenoxy) is 5. The Morgan fingerprint density at radius 1 is 0.681 bits per heavy atom. The molecule has 0 aromatic heterocycles. The Morgan fingerprint density at radius 3 is 1.66 bits per heavy atom. The maximum atomic E-state index is 12.9. The first-order chi connectivity index (χ1) is 22.6. The first-order valence-corrected chi connectivity index (χ1v) is 14.9. The SMILES string of the molecule is C=CC(=O)OCCCCOc1ccc(C(=O)Oc2ccc(OC(=O)c3ccc(OCc4ccc(B(O)O)cc4)cc3)c(C)c2C)cc1. The van der Waals surface area contributed by atoms with Gasteiger partial charge in [-0.25, -0.2) is 14.4 Å². The van der Waals surface area contributed by atoms with E-state index < -0.39 is 25.0 Å². The highest BCUT2D eigenvalue weighted by molar-refractivity contribution is 6.58. The lowest BCUT2D eigenvalue weighted by atomic mass is 9.80. The Labute approximate surface area is 273 Å². The van der Waals surface area contributed by atoms with Crippen LogP contribution >= 0.6 is 0 Å². The van der Waals surface area contributed by atoms with Gasteiger partial charge in [0, 0.05) is 6.08 Å². The second-order valence-corrected chi connectivity index (χ2v) is 10.5. The molecule has 0 unspecified atom stereocenters. The second kappa shape index (κ2) is 16.8. The average molecular weight is 638 g/mol. The number of unbranched alkanes of at least 4 members (excludes halogenated alkanes) is 1. The number of hydrogen-bond donors (Lipinski definition) is 2. The lowest BCUT2D eigenvalue weighted by Gasteiger charge is -2.14. The van der Waals surface area contributed by atoms with Crippen molar-refractivity contribution >= 4 is 30.5 Å². The molecule has 242 valence electrons. The molecule has 0 bridgehead atoms. The van der Waals surface area contributed by atoms with Crippen LogP contribution in [0.2, 0.25) is 0 Å². The van der Waals surface area contributed by atoms with Gasteiger partial charge in [0.15, 0.2) is 0 Å². The molecule has 0 aliphatic rings. The van der Waals surface area contributed by atoms with E-state index >= 15 is 0 Å². The number of benzene rings is 4. The van der Waals surface area contributed by atoms with E-state index in [0.717, 1.165) is 11.6 Å². The molecule has 11 heteroatoms. The quantitative estimate of drug-likeness (QED) is 0.0609. The second-order valence-electron chi connectivity index (χ2n) is 10.5. The van der Waals surface area contributed by atoms with Gasteiger partial charge >= 0.3 is 25.0 Å². The molecule has 0 aliphatic carbocycles. The molecule has 4 rings (SSSR count). The Hall–Kier alpha value is -5.39. The van der Waals surface area contributed by atoms with E-state index in [1.54, 1.807) is 98.8 Å². The summed E-state index contributed by atoms with van der Waals surface area (Å²) < 4.78 is 27.6. The third-order valence-electron chi connectivity index (χ3n) is 7.17. The van der Waals surface area contributed by atoms with E-state index in [1.165, 1.54) is 0 Å². The van der Waals surface area contributed by atoms with Gasteiger partial charge in [0.25, 0.3) is 0 Å². The maximum absolute atomic E-state index is 12.9. The lowest BCUT2D eigenvalue weighted by Crippen LogP contribution is -2.29. The molecule has 10 nitrogen and oxygen atoms in total. The van der Waals surface area contributed by atoms with Crippen LogP contribution in [0.5, 0.6) is 23.0 Å². The van der Waals surface area contributed by atoms with Crippen LogP contribution in [0, 0.1) is 13.8 Å².